The molecule has 0 aliphatic heterocycles. The Hall–Kier alpha value is -1.89. The number of carbonyl (C=O) groups is 1. The Balaban J connectivity index is 1.55. The van der Waals surface area contributed by atoms with Crippen molar-refractivity contribution in [1.82, 2.24) is 20.5 Å². The van der Waals surface area contributed by atoms with E-state index >= 15 is 0 Å². The summed E-state index contributed by atoms with van der Waals surface area (Å²) in [4.78, 5) is 16.4. The molecule has 1 fully saturated rings. The van der Waals surface area contributed by atoms with Crippen LogP contribution < -0.4 is 5.32 Å². The van der Waals surface area contributed by atoms with Crippen LogP contribution in [-0.4, -0.2) is 32.4 Å². The zero-order valence-corrected chi connectivity index (χ0v) is 14.6. The molecule has 0 aromatic carbocycles. The van der Waals surface area contributed by atoms with Gasteiger partial charge in [0.1, 0.15) is 0 Å². The smallest absolute Gasteiger partial charge is 0.277 e. The van der Waals surface area contributed by atoms with Crippen molar-refractivity contribution in [2.24, 2.45) is 0 Å². The maximum absolute atomic E-state index is 12.4. The molecule has 1 aliphatic carbocycles. The fraction of sp³-hybridized carbons (Fsp3) is 0.529. The van der Waals surface area contributed by atoms with E-state index < -0.39 is 0 Å². The Labute approximate surface area is 145 Å². The molecule has 2 heterocycles. The molecule has 1 N–H and O–H groups in total. The molecule has 1 amide bonds. The molecule has 0 spiro atoms. The van der Waals surface area contributed by atoms with E-state index in [9.17, 15) is 4.79 Å². The number of carbonyl (C=O) groups excluding carboxylic acids is 1. The number of aromatic nitrogens is 3. The van der Waals surface area contributed by atoms with Gasteiger partial charge in [-0.2, -0.15) is 0 Å². The predicted molar refractivity (Wildman–Crippen MR) is 92.5 cm³/mol. The van der Waals surface area contributed by atoms with Crippen LogP contribution in [-0.2, 0) is 4.79 Å². The van der Waals surface area contributed by atoms with E-state index in [0.717, 1.165) is 18.4 Å². The number of thioether (sulfide) groups is 1. The molecule has 128 valence electrons. The highest BCUT2D eigenvalue weighted by Crippen LogP contribution is 2.26. The van der Waals surface area contributed by atoms with Gasteiger partial charge in [0.15, 0.2) is 0 Å². The van der Waals surface area contributed by atoms with Gasteiger partial charge in [-0.1, -0.05) is 37.4 Å². The molecule has 24 heavy (non-hydrogen) atoms. The summed E-state index contributed by atoms with van der Waals surface area (Å²) in [6, 6.07) is 3.98. The number of pyridine rings is 1. The summed E-state index contributed by atoms with van der Waals surface area (Å²) in [5.74, 6) is 0.454. The van der Waals surface area contributed by atoms with Crippen molar-refractivity contribution in [3.8, 4) is 11.5 Å². The summed E-state index contributed by atoms with van der Waals surface area (Å²) in [5, 5.41) is 11.3. The molecular weight excluding hydrogens is 324 g/mol. The van der Waals surface area contributed by atoms with Crippen LogP contribution in [0.4, 0.5) is 0 Å². The Morgan fingerprint density at radius 3 is 2.79 bits per heavy atom. The third kappa shape index (κ3) is 4.56. The molecule has 2 aromatic heterocycles. The first kappa shape index (κ1) is 17.0. The number of nitrogens with one attached hydrogen (secondary N) is 1. The van der Waals surface area contributed by atoms with Gasteiger partial charge in [-0.25, -0.2) is 0 Å². The highest BCUT2D eigenvalue weighted by atomic mass is 32.2. The minimum Gasteiger partial charge on any atom is -0.411 e. The van der Waals surface area contributed by atoms with Crippen LogP contribution >= 0.6 is 11.8 Å². The van der Waals surface area contributed by atoms with Crippen LogP contribution in [0.5, 0.6) is 0 Å². The lowest BCUT2D eigenvalue weighted by atomic mass is 10.1. The lowest BCUT2D eigenvalue weighted by Crippen LogP contribution is -2.39. The van der Waals surface area contributed by atoms with Crippen molar-refractivity contribution in [2.45, 2.75) is 62.0 Å². The number of nitrogens with zero attached hydrogens (tertiary/aromatic N) is 3. The molecule has 7 heteroatoms. The average molecular weight is 346 g/mol. The molecule has 0 unspecified atom stereocenters. The zero-order chi connectivity index (χ0) is 16.8. The van der Waals surface area contributed by atoms with Gasteiger partial charge >= 0.3 is 0 Å². The van der Waals surface area contributed by atoms with Crippen LogP contribution in [0.2, 0.25) is 0 Å². The highest BCUT2D eigenvalue weighted by molar-refractivity contribution is 8.00. The topological polar surface area (TPSA) is 80.9 Å². The van der Waals surface area contributed by atoms with E-state index in [4.69, 9.17) is 4.42 Å². The van der Waals surface area contributed by atoms with Crippen LogP contribution in [0.3, 0.4) is 0 Å². The van der Waals surface area contributed by atoms with E-state index in [-0.39, 0.29) is 11.2 Å². The van der Waals surface area contributed by atoms with Gasteiger partial charge in [-0.05, 0) is 31.9 Å². The first-order valence-electron chi connectivity index (χ1n) is 8.43. The molecule has 6 nitrogen and oxygen atoms in total. The van der Waals surface area contributed by atoms with Gasteiger partial charge in [-0.3, -0.25) is 9.78 Å². The minimum absolute atomic E-state index is 0.0352. The maximum Gasteiger partial charge on any atom is 0.277 e. The first-order valence-corrected chi connectivity index (χ1v) is 9.31. The Bertz CT molecular complexity index is 654. The number of rotatable bonds is 5. The van der Waals surface area contributed by atoms with E-state index in [0.29, 0.717) is 17.2 Å². The average Bonchev–Trinajstić information content (AvgIpc) is 2.91. The van der Waals surface area contributed by atoms with Crippen LogP contribution in [0.1, 0.15) is 45.4 Å². The van der Waals surface area contributed by atoms with Crippen molar-refractivity contribution < 1.29 is 9.21 Å². The van der Waals surface area contributed by atoms with E-state index in [1.807, 2.05) is 19.1 Å². The van der Waals surface area contributed by atoms with Crippen LogP contribution in [0, 0.1) is 0 Å². The second-order valence-electron chi connectivity index (χ2n) is 6.07. The molecule has 0 radical (unpaired) electrons. The summed E-state index contributed by atoms with van der Waals surface area (Å²) in [6.07, 6.45) is 10.5. The Morgan fingerprint density at radius 1 is 1.29 bits per heavy atom. The number of amides is 1. The fourth-order valence-corrected chi connectivity index (χ4v) is 3.50. The van der Waals surface area contributed by atoms with Gasteiger partial charge < -0.3 is 9.73 Å². The van der Waals surface area contributed by atoms with Crippen molar-refractivity contribution in [2.75, 3.05) is 0 Å². The minimum atomic E-state index is -0.268. The molecule has 3 rings (SSSR count). The normalized spacial score (nSPS) is 17.2. The van der Waals surface area contributed by atoms with Crippen LogP contribution in [0.25, 0.3) is 11.5 Å². The molecule has 1 saturated carbocycles. The quantitative estimate of drug-likeness (QED) is 0.660. The third-order valence-electron chi connectivity index (χ3n) is 4.16. The van der Waals surface area contributed by atoms with Gasteiger partial charge in [0.05, 0.1) is 10.8 Å². The summed E-state index contributed by atoms with van der Waals surface area (Å²) in [7, 11) is 0. The number of hydrogen-bond donors (Lipinski definition) is 1. The van der Waals surface area contributed by atoms with Crippen molar-refractivity contribution >= 4 is 17.7 Å². The molecule has 2 aromatic rings. The van der Waals surface area contributed by atoms with Crippen molar-refractivity contribution in [3.63, 3.8) is 0 Å². The standard InChI is InChI=1S/C17H22N4O2S/c1-12(15(22)19-14-8-4-2-3-5-9-14)24-17-21-20-16(23-17)13-7-6-10-18-11-13/h6-7,10-12,14H,2-5,8-9H2,1H3,(H,19,22)/t12-/m0/s1. The summed E-state index contributed by atoms with van der Waals surface area (Å²) in [6.45, 7) is 1.87. The van der Waals surface area contributed by atoms with Gasteiger partial charge in [-0.15, -0.1) is 10.2 Å². The van der Waals surface area contributed by atoms with E-state index in [1.54, 1.807) is 12.4 Å². The highest BCUT2D eigenvalue weighted by Gasteiger charge is 2.22. The second-order valence-corrected chi connectivity index (χ2v) is 7.36. The first-order chi connectivity index (χ1) is 11.7. The molecule has 1 aliphatic rings. The second kappa shape index (κ2) is 8.28. The lowest BCUT2D eigenvalue weighted by molar-refractivity contribution is -0.121. The fourth-order valence-electron chi connectivity index (χ4n) is 2.81. The lowest BCUT2D eigenvalue weighted by Gasteiger charge is -2.18. The molecule has 0 saturated heterocycles. The number of hydrogen-bond acceptors (Lipinski definition) is 6. The maximum atomic E-state index is 12.4. The van der Waals surface area contributed by atoms with Gasteiger partial charge in [0, 0.05) is 18.4 Å². The van der Waals surface area contributed by atoms with Crippen LogP contribution in [0.15, 0.2) is 34.2 Å². The van der Waals surface area contributed by atoms with E-state index in [2.05, 4.69) is 20.5 Å². The SMILES string of the molecule is C[C@H](Sc1nnc(-c2cccnc2)o1)C(=O)NC1CCCCCC1. The Kier molecular flexibility index (Phi) is 5.85. The van der Waals surface area contributed by atoms with Crippen molar-refractivity contribution in [3.05, 3.63) is 24.5 Å². The monoisotopic (exact) mass is 346 g/mol. The molecule has 1 atom stereocenters. The van der Waals surface area contributed by atoms with Gasteiger partial charge in [0.2, 0.25) is 11.8 Å². The third-order valence-corrected chi connectivity index (χ3v) is 5.10. The molecule has 0 bridgehead atoms. The summed E-state index contributed by atoms with van der Waals surface area (Å²) >= 11 is 1.29. The zero-order valence-electron chi connectivity index (χ0n) is 13.8. The van der Waals surface area contributed by atoms with E-state index in [1.165, 1.54) is 37.4 Å². The molecular formula is C17H22N4O2S. The summed E-state index contributed by atoms with van der Waals surface area (Å²) in [5.41, 5.74) is 0.771. The van der Waals surface area contributed by atoms with Gasteiger partial charge in [0.25, 0.3) is 5.22 Å². The summed E-state index contributed by atoms with van der Waals surface area (Å²) < 4.78 is 5.62. The Morgan fingerprint density at radius 2 is 2.08 bits per heavy atom. The largest absolute Gasteiger partial charge is 0.411 e. The van der Waals surface area contributed by atoms with Crippen molar-refractivity contribution in [1.29, 1.82) is 0 Å². The predicted octanol–water partition coefficient (Wildman–Crippen LogP) is 3.45.